The Bertz CT molecular complexity index is 676. The molecule has 0 saturated carbocycles. The van der Waals surface area contributed by atoms with E-state index in [1.165, 1.54) is 0 Å². The zero-order valence-electron chi connectivity index (χ0n) is 14.6. The minimum atomic E-state index is -0.152. The van der Waals surface area contributed by atoms with Gasteiger partial charge < -0.3 is 24.8 Å². The van der Waals surface area contributed by atoms with E-state index < -0.39 is 0 Å². The molecule has 0 atom stereocenters. The van der Waals surface area contributed by atoms with Crippen molar-refractivity contribution in [1.29, 1.82) is 0 Å². The first-order valence-electron chi connectivity index (χ1n) is 8.20. The second-order valence-corrected chi connectivity index (χ2v) is 5.20. The third kappa shape index (κ3) is 6.35. The molecule has 0 spiro atoms. The molecule has 6 heteroatoms. The Balaban J connectivity index is 1.87. The Morgan fingerprint density at radius 3 is 2.68 bits per heavy atom. The van der Waals surface area contributed by atoms with Gasteiger partial charge in [0, 0.05) is 18.9 Å². The maximum Gasteiger partial charge on any atom is 0.243 e. The molecule has 6 nitrogen and oxygen atoms in total. The highest BCUT2D eigenvalue weighted by Crippen LogP contribution is 2.23. The molecule has 0 aliphatic rings. The van der Waals surface area contributed by atoms with Crippen molar-refractivity contribution >= 4 is 17.3 Å². The van der Waals surface area contributed by atoms with E-state index in [0.717, 1.165) is 11.4 Å². The van der Waals surface area contributed by atoms with Crippen LogP contribution >= 0.6 is 0 Å². The first kappa shape index (κ1) is 18.6. The lowest BCUT2D eigenvalue weighted by atomic mass is 10.3. The summed E-state index contributed by atoms with van der Waals surface area (Å²) in [5, 5.41) is 5.93. The van der Waals surface area contributed by atoms with Crippen molar-refractivity contribution in [3.8, 4) is 11.5 Å². The zero-order valence-corrected chi connectivity index (χ0v) is 14.6. The summed E-state index contributed by atoms with van der Waals surface area (Å²) in [5.74, 6) is 1.26. The Labute approximate surface area is 148 Å². The molecular weight excluding hydrogens is 320 g/mol. The van der Waals surface area contributed by atoms with Crippen LogP contribution in [-0.2, 0) is 9.53 Å². The molecule has 0 saturated heterocycles. The minimum Gasteiger partial charge on any atom is -0.492 e. The number of ether oxygens (including phenoxy) is 3. The first-order chi connectivity index (χ1) is 12.2. The number of methoxy groups -OCH3 is 1. The third-order valence-electron chi connectivity index (χ3n) is 3.30. The number of anilines is 2. The van der Waals surface area contributed by atoms with Crippen LogP contribution in [0.15, 0.2) is 48.5 Å². The maximum atomic E-state index is 12.2. The SMILES string of the molecule is CCOc1ccccc1NCC(=O)Nc1cccc(OCCOC)c1. The monoisotopic (exact) mass is 344 g/mol. The van der Waals surface area contributed by atoms with E-state index in [9.17, 15) is 4.79 Å². The number of amides is 1. The fraction of sp³-hybridized carbons (Fsp3) is 0.316. The Hall–Kier alpha value is -2.73. The fourth-order valence-electron chi connectivity index (χ4n) is 2.18. The lowest BCUT2D eigenvalue weighted by Crippen LogP contribution is -2.22. The minimum absolute atomic E-state index is 0.138. The van der Waals surface area contributed by atoms with Gasteiger partial charge in [0.2, 0.25) is 5.91 Å². The van der Waals surface area contributed by atoms with Crippen LogP contribution in [0.4, 0.5) is 11.4 Å². The van der Waals surface area contributed by atoms with Crippen molar-refractivity contribution in [1.82, 2.24) is 0 Å². The molecule has 134 valence electrons. The van der Waals surface area contributed by atoms with E-state index >= 15 is 0 Å². The van der Waals surface area contributed by atoms with Gasteiger partial charge in [-0.25, -0.2) is 0 Å². The highest BCUT2D eigenvalue weighted by molar-refractivity contribution is 5.94. The topological polar surface area (TPSA) is 68.8 Å². The summed E-state index contributed by atoms with van der Waals surface area (Å²) in [6.45, 7) is 3.61. The van der Waals surface area contributed by atoms with Crippen LogP contribution in [0, 0.1) is 0 Å². The van der Waals surface area contributed by atoms with Crippen LogP contribution in [0.3, 0.4) is 0 Å². The summed E-state index contributed by atoms with van der Waals surface area (Å²) in [6, 6.07) is 14.8. The summed E-state index contributed by atoms with van der Waals surface area (Å²) in [7, 11) is 1.62. The van der Waals surface area contributed by atoms with Crippen LogP contribution in [0.1, 0.15) is 6.92 Å². The molecule has 2 rings (SSSR count). The molecule has 0 radical (unpaired) electrons. The largest absolute Gasteiger partial charge is 0.492 e. The third-order valence-corrected chi connectivity index (χ3v) is 3.30. The highest BCUT2D eigenvalue weighted by atomic mass is 16.5. The number of hydrogen-bond donors (Lipinski definition) is 2. The van der Waals surface area contributed by atoms with E-state index in [2.05, 4.69) is 10.6 Å². The fourth-order valence-corrected chi connectivity index (χ4v) is 2.18. The van der Waals surface area contributed by atoms with Crippen LogP contribution in [0.2, 0.25) is 0 Å². The highest BCUT2D eigenvalue weighted by Gasteiger charge is 2.06. The van der Waals surface area contributed by atoms with Gasteiger partial charge in [-0.15, -0.1) is 0 Å². The first-order valence-corrected chi connectivity index (χ1v) is 8.20. The lowest BCUT2D eigenvalue weighted by Gasteiger charge is -2.12. The predicted molar refractivity (Wildman–Crippen MR) is 98.5 cm³/mol. The molecule has 0 aromatic heterocycles. The number of carbonyl (C=O) groups excluding carboxylic acids is 1. The number of benzene rings is 2. The Morgan fingerprint density at radius 2 is 1.88 bits per heavy atom. The van der Waals surface area contributed by atoms with Crippen molar-refractivity contribution in [2.75, 3.05) is 44.1 Å². The normalized spacial score (nSPS) is 10.2. The standard InChI is InChI=1S/C19H24N2O4/c1-3-24-18-10-5-4-9-17(18)20-14-19(22)21-15-7-6-8-16(13-15)25-12-11-23-2/h4-10,13,20H,3,11-12,14H2,1-2H3,(H,21,22). The molecule has 0 fully saturated rings. The summed E-state index contributed by atoms with van der Waals surface area (Å²) < 4.78 is 16.0. The van der Waals surface area contributed by atoms with Crippen LogP contribution in [-0.4, -0.2) is 39.4 Å². The van der Waals surface area contributed by atoms with E-state index in [0.29, 0.717) is 31.3 Å². The average molecular weight is 344 g/mol. The van der Waals surface area contributed by atoms with Gasteiger partial charge in [-0.1, -0.05) is 18.2 Å². The number of para-hydroxylation sites is 2. The summed E-state index contributed by atoms with van der Waals surface area (Å²) >= 11 is 0. The number of hydrogen-bond acceptors (Lipinski definition) is 5. The van der Waals surface area contributed by atoms with Gasteiger partial charge in [0.25, 0.3) is 0 Å². The molecule has 25 heavy (non-hydrogen) atoms. The molecule has 2 aromatic rings. The molecule has 0 heterocycles. The summed E-state index contributed by atoms with van der Waals surface area (Å²) in [4.78, 5) is 12.2. The summed E-state index contributed by atoms with van der Waals surface area (Å²) in [6.07, 6.45) is 0. The van der Waals surface area contributed by atoms with Gasteiger partial charge in [-0.05, 0) is 31.2 Å². The van der Waals surface area contributed by atoms with E-state index in [4.69, 9.17) is 14.2 Å². The Kier molecular flexibility index (Phi) is 7.59. The van der Waals surface area contributed by atoms with E-state index in [1.807, 2.05) is 49.4 Å². The summed E-state index contributed by atoms with van der Waals surface area (Å²) in [5.41, 5.74) is 1.47. The van der Waals surface area contributed by atoms with E-state index in [-0.39, 0.29) is 12.5 Å². The van der Waals surface area contributed by atoms with Crippen molar-refractivity contribution in [3.05, 3.63) is 48.5 Å². The molecule has 2 N–H and O–H groups in total. The molecule has 0 aliphatic carbocycles. The number of rotatable bonds is 10. The maximum absolute atomic E-state index is 12.2. The second-order valence-electron chi connectivity index (χ2n) is 5.20. The second kappa shape index (κ2) is 10.2. The lowest BCUT2D eigenvalue weighted by molar-refractivity contribution is -0.114. The molecule has 1 amide bonds. The molecule has 0 bridgehead atoms. The van der Waals surface area contributed by atoms with Crippen molar-refractivity contribution in [2.45, 2.75) is 6.92 Å². The molecular formula is C19H24N2O4. The van der Waals surface area contributed by atoms with Crippen LogP contribution in [0.5, 0.6) is 11.5 Å². The van der Waals surface area contributed by atoms with Crippen LogP contribution in [0.25, 0.3) is 0 Å². The van der Waals surface area contributed by atoms with Gasteiger partial charge in [-0.3, -0.25) is 4.79 Å². The molecule has 2 aromatic carbocycles. The van der Waals surface area contributed by atoms with Crippen molar-refractivity contribution < 1.29 is 19.0 Å². The number of nitrogens with one attached hydrogen (secondary N) is 2. The van der Waals surface area contributed by atoms with Crippen molar-refractivity contribution in [3.63, 3.8) is 0 Å². The van der Waals surface area contributed by atoms with Crippen molar-refractivity contribution in [2.24, 2.45) is 0 Å². The predicted octanol–water partition coefficient (Wildman–Crippen LogP) is 3.16. The molecule has 0 aliphatic heterocycles. The number of carbonyl (C=O) groups is 1. The Morgan fingerprint density at radius 1 is 1.04 bits per heavy atom. The van der Waals surface area contributed by atoms with Gasteiger partial charge in [0.1, 0.15) is 18.1 Å². The zero-order chi connectivity index (χ0) is 17.9. The van der Waals surface area contributed by atoms with Gasteiger partial charge in [-0.2, -0.15) is 0 Å². The van der Waals surface area contributed by atoms with Gasteiger partial charge >= 0.3 is 0 Å². The average Bonchev–Trinajstić information content (AvgIpc) is 2.62. The quantitative estimate of drug-likeness (QED) is 0.648. The van der Waals surface area contributed by atoms with Gasteiger partial charge in [0.15, 0.2) is 0 Å². The van der Waals surface area contributed by atoms with Crippen LogP contribution < -0.4 is 20.1 Å². The smallest absolute Gasteiger partial charge is 0.243 e. The molecule has 0 unspecified atom stereocenters. The van der Waals surface area contributed by atoms with Gasteiger partial charge in [0.05, 0.1) is 25.4 Å². The van der Waals surface area contributed by atoms with E-state index in [1.54, 1.807) is 13.2 Å².